The van der Waals surface area contributed by atoms with Gasteiger partial charge in [-0.05, 0) is 12.8 Å². The second-order valence-electron chi connectivity index (χ2n) is 6.12. The third kappa shape index (κ3) is 3.56. The molecule has 0 saturated carbocycles. The first-order chi connectivity index (χ1) is 12.8. The molecule has 1 aromatic carbocycles. The molecule has 1 unspecified atom stereocenters. The predicted molar refractivity (Wildman–Crippen MR) is 93.5 cm³/mol. The molecule has 3 heterocycles. The molecule has 0 N–H and O–H groups in total. The van der Waals surface area contributed by atoms with E-state index in [2.05, 4.69) is 15.1 Å². The van der Waals surface area contributed by atoms with Crippen LogP contribution >= 0.6 is 0 Å². The number of amides is 1. The average molecular weight is 350 g/mol. The van der Waals surface area contributed by atoms with Gasteiger partial charge in [0.25, 0.3) is 5.91 Å². The molecule has 1 fully saturated rings. The van der Waals surface area contributed by atoms with Crippen LogP contribution in [0.25, 0.3) is 11.3 Å². The molecule has 0 aliphatic carbocycles. The highest BCUT2D eigenvalue weighted by molar-refractivity contribution is 5.93. The third-order valence-electron chi connectivity index (χ3n) is 4.28. The number of benzene rings is 1. The number of rotatable bonds is 4. The molecule has 1 amide bonds. The molecule has 1 aliphatic heterocycles. The van der Waals surface area contributed by atoms with Crippen molar-refractivity contribution in [2.24, 2.45) is 0 Å². The van der Waals surface area contributed by atoms with Crippen molar-refractivity contribution in [2.75, 3.05) is 13.1 Å². The summed E-state index contributed by atoms with van der Waals surface area (Å²) in [5, 5.41) is 3.95. The van der Waals surface area contributed by atoms with E-state index in [0.717, 1.165) is 18.4 Å². The van der Waals surface area contributed by atoms with E-state index in [1.54, 1.807) is 29.6 Å². The zero-order valence-electron chi connectivity index (χ0n) is 14.1. The highest BCUT2D eigenvalue weighted by Gasteiger charge is 2.28. The maximum atomic E-state index is 12.8. The van der Waals surface area contributed by atoms with E-state index in [1.165, 1.54) is 0 Å². The van der Waals surface area contributed by atoms with Crippen molar-refractivity contribution in [1.29, 1.82) is 0 Å². The number of nitrogens with zero attached hydrogens (tertiary/aromatic N) is 4. The Kier molecular flexibility index (Phi) is 4.59. The number of hydrogen-bond acceptors (Lipinski definition) is 6. The molecule has 132 valence electrons. The zero-order valence-corrected chi connectivity index (χ0v) is 14.1. The summed E-state index contributed by atoms with van der Waals surface area (Å²) in [5.74, 6) is 0.904. The van der Waals surface area contributed by atoms with Gasteiger partial charge in [-0.3, -0.25) is 9.78 Å². The van der Waals surface area contributed by atoms with Crippen LogP contribution < -0.4 is 4.74 Å². The summed E-state index contributed by atoms with van der Waals surface area (Å²) in [6.07, 6.45) is 6.38. The van der Waals surface area contributed by atoms with Gasteiger partial charge in [-0.2, -0.15) is 0 Å². The van der Waals surface area contributed by atoms with Gasteiger partial charge in [-0.25, -0.2) is 4.98 Å². The normalized spacial score (nSPS) is 17.1. The number of aromatic nitrogens is 3. The molecule has 0 radical (unpaired) electrons. The standard InChI is InChI=1S/C19H18N4O3/c24-19(16-11-17(26-22-16)14-5-2-1-3-6-14)23-10-4-7-15(13-23)25-18-12-20-8-9-21-18/h1-3,5-6,8-9,11-12,15H,4,7,10,13H2. The van der Waals surface area contributed by atoms with Gasteiger partial charge in [0, 0.05) is 30.6 Å². The lowest BCUT2D eigenvalue weighted by molar-refractivity contribution is 0.0518. The quantitative estimate of drug-likeness (QED) is 0.720. The molecular formula is C19H18N4O3. The fraction of sp³-hybridized carbons (Fsp3) is 0.263. The first-order valence-electron chi connectivity index (χ1n) is 8.54. The van der Waals surface area contributed by atoms with Crippen molar-refractivity contribution >= 4 is 5.91 Å². The van der Waals surface area contributed by atoms with Gasteiger partial charge in [0.1, 0.15) is 6.10 Å². The molecule has 1 saturated heterocycles. The highest BCUT2D eigenvalue weighted by Crippen LogP contribution is 2.22. The lowest BCUT2D eigenvalue weighted by atomic mass is 10.1. The minimum atomic E-state index is -0.150. The Hall–Kier alpha value is -3.22. The number of ether oxygens (including phenoxy) is 1. The van der Waals surface area contributed by atoms with Crippen molar-refractivity contribution < 1.29 is 14.1 Å². The topological polar surface area (TPSA) is 81.4 Å². The monoisotopic (exact) mass is 350 g/mol. The van der Waals surface area contributed by atoms with Crippen molar-refractivity contribution in [3.8, 4) is 17.2 Å². The summed E-state index contributed by atoms with van der Waals surface area (Å²) < 4.78 is 11.2. The third-order valence-corrected chi connectivity index (χ3v) is 4.28. The van der Waals surface area contributed by atoms with Gasteiger partial charge in [-0.15, -0.1) is 0 Å². The molecule has 2 aromatic heterocycles. The Morgan fingerprint density at radius 1 is 1.23 bits per heavy atom. The van der Waals surface area contributed by atoms with Gasteiger partial charge < -0.3 is 14.2 Å². The smallest absolute Gasteiger partial charge is 0.276 e. The lowest BCUT2D eigenvalue weighted by Crippen LogP contribution is -2.44. The predicted octanol–water partition coefficient (Wildman–Crippen LogP) is 2.82. The summed E-state index contributed by atoms with van der Waals surface area (Å²) in [6, 6.07) is 11.3. The largest absolute Gasteiger partial charge is 0.471 e. The first kappa shape index (κ1) is 16.3. The number of piperidine rings is 1. The van der Waals surface area contributed by atoms with E-state index >= 15 is 0 Å². The van der Waals surface area contributed by atoms with Crippen molar-refractivity contribution in [3.05, 3.63) is 60.7 Å². The van der Waals surface area contributed by atoms with Crippen LogP contribution in [0.2, 0.25) is 0 Å². The van der Waals surface area contributed by atoms with E-state index in [-0.39, 0.29) is 12.0 Å². The van der Waals surface area contributed by atoms with E-state index < -0.39 is 0 Å². The number of hydrogen-bond donors (Lipinski definition) is 0. The Balaban J connectivity index is 1.44. The van der Waals surface area contributed by atoms with Crippen LogP contribution in [0.5, 0.6) is 5.88 Å². The average Bonchev–Trinajstić information content (AvgIpc) is 3.19. The number of carbonyl (C=O) groups excluding carboxylic acids is 1. The van der Waals surface area contributed by atoms with Crippen molar-refractivity contribution in [1.82, 2.24) is 20.0 Å². The molecule has 1 aliphatic rings. The van der Waals surface area contributed by atoms with Crippen LogP contribution in [0.15, 0.2) is 59.5 Å². The molecule has 0 bridgehead atoms. The summed E-state index contributed by atoms with van der Waals surface area (Å²) in [6.45, 7) is 1.16. The lowest BCUT2D eigenvalue weighted by Gasteiger charge is -2.32. The molecule has 3 aromatic rings. The van der Waals surface area contributed by atoms with Gasteiger partial charge >= 0.3 is 0 Å². The van der Waals surface area contributed by atoms with Crippen LogP contribution in [0.1, 0.15) is 23.3 Å². The summed E-state index contributed by atoms with van der Waals surface area (Å²) in [7, 11) is 0. The van der Waals surface area contributed by atoms with Crippen molar-refractivity contribution in [3.63, 3.8) is 0 Å². The molecule has 7 heteroatoms. The maximum absolute atomic E-state index is 12.8. The van der Waals surface area contributed by atoms with Crippen LogP contribution in [0.4, 0.5) is 0 Å². The van der Waals surface area contributed by atoms with Crippen LogP contribution in [-0.4, -0.2) is 45.1 Å². The van der Waals surface area contributed by atoms with E-state index in [1.807, 2.05) is 30.3 Å². The van der Waals surface area contributed by atoms with Crippen LogP contribution in [-0.2, 0) is 0 Å². The molecule has 4 rings (SSSR count). The van der Waals surface area contributed by atoms with Gasteiger partial charge in [0.2, 0.25) is 5.88 Å². The minimum Gasteiger partial charge on any atom is -0.471 e. The summed E-state index contributed by atoms with van der Waals surface area (Å²) >= 11 is 0. The minimum absolute atomic E-state index is 0.107. The second-order valence-corrected chi connectivity index (χ2v) is 6.12. The maximum Gasteiger partial charge on any atom is 0.276 e. The first-order valence-corrected chi connectivity index (χ1v) is 8.54. The molecule has 1 atom stereocenters. The number of carbonyl (C=O) groups is 1. The van der Waals surface area contributed by atoms with Crippen molar-refractivity contribution in [2.45, 2.75) is 18.9 Å². The van der Waals surface area contributed by atoms with E-state index in [4.69, 9.17) is 9.26 Å². The Morgan fingerprint density at radius 2 is 2.12 bits per heavy atom. The van der Waals surface area contributed by atoms with E-state index in [0.29, 0.717) is 30.4 Å². The molecular weight excluding hydrogens is 332 g/mol. The van der Waals surface area contributed by atoms with Gasteiger partial charge in [-0.1, -0.05) is 35.5 Å². The molecule has 26 heavy (non-hydrogen) atoms. The highest BCUT2D eigenvalue weighted by atomic mass is 16.5. The summed E-state index contributed by atoms with van der Waals surface area (Å²) in [4.78, 5) is 22.6. The Morgan fingerprint density at radius 3 is 2.92 bits per heavy atom. The van der Waals surface area contributed by atoms with E-state index in [9.17, 15) is 4.79 Å². The fourth-order valence-electron chi connectivity index (χ4n) is 3.01. The fourth-order valence-corrected chi connectivity index (χ4v) is 3.01. The Bertz CT molecular complexity index is 867. The zero-order chi connectivity index (χ0) is 17.8. The number of likely N-dealkylation sites (tertiary alicyclic amines) is 1. The van der Waals surface area contributed by atoms with Gasteiger partial charge in [0.15, 0.2) is 11.5 Å². The van der Waals surface area contributed by atoms with Gasteiger partial charge in [0.05, 0.1) is 12.7 Å². The Labute approximate surface area is 150 Å². The van der Waals surface area contributed by atoms with Crippen LogP contribution in [0, 0.1) is 0 Å². The van der Waals surface area contributed by atoms with Crippen LogP contribution in [0.3, 0.4) is 0 Å². The molecule has 0 spiro atoms. The molecule has 7 nitrogen and oxygen atoms in total. The summed E-state index contributed by atoms with van der Waals surface area (Å²) in [5.41, 5.74) is 1.20. The SMILES string of the molecule is O=C(c1cc(-c2ccccc2)on1)N1CCCC(Oc2cnccn2)C1. The second kappa shape index (κ2) is 7.35.